The highest BCUT2D eigenvalue weighted by molar-refractivity contribution is 8.13. The summed E-state index contributed by atoms with van der Waals surface area (Å²) >= 11 is 0. The first-order valence-corrected chi connectivity index (χ1v) is 9.20. The molecule has 0 aromatic carbocycles. The summed E-state index contributed by atoms with van der Waals surface area (Å²) in [6.07, 6.45) is 3.58. The van der Waals surface area contributed by atoms with Crippen LogP contribution in [0.4, 0.5) is 0 Å². The van der Waals surface area contributed by atoms with Gasteiger partial charge in [-0.2, -0.15) is 5.10 Å². The fourth-order valence-corrected chi connectivity index (χ4v) is 3.80. The van der Waals surface area contributed by atoms with E-state index < -0.39 is 15.0 Å². The molecule has 0 radical (unpaired) electrons. The van der Waals surface area contributed by atoms with Crippen LogP contribution < -0.4 is 5.32 Å². The zero-order chi connectivity index (χ0) is 15.0. The van der Waals surface area contributed by atoms with Crippen molar-refractivity contribution in [1.82, 2.24) is 15.5 Å². The number of aromatic nitrogens is 2. The van der Waals surface area contributed by atoms with Gasteiger partial charge < -0.3 is 10.1 Å². The number of hydrogen-bond acceptors (Lipinski definition) is 5. The van der Waals surface area contributed by atoms with Crippen molar-refractivity contribution in [3.05, 3.63) is 11.4 Å². The van der Waals surface area contributed by atoms with Crippen LogP contribution in [0.5, 0.6) is 0 Å². The molecule has 1 saturated carbocycles. The second kappa shape index (κ2) is 5.58. The fraction of sp³-hybridized carbons (Fsp3) is 0.667. The number of ether oxygens (including phenoxy) is 1. The molecule has 1 aliphatic heterocycles. The van der Waals surface area contributed by atoms with E-state index in [1.165, 1.54) is 0 Å². The van der Waals surface area contributed by atoms with Crippen LogP contribution in [-0.2, 0) is 13.8 Å². The minimum atomic E-state index is -4.02. The Morgan fingerprint density at radius 1 is 1.43 bits per heavy atom. The molecule has 1 aromatic heterocycles. The van der Waals surface area contributed by atoms with Gasteiger partial charge in [0.25, 0.3) is 15.0 Å². The van der Waals surface area contributed by atoms with E-state index in [4.69, 9.17) is 15.4 Å². The SMILES string of the molecule is O=C(NCC1CCCO1)c1n[nH]c(C2CC2)c1S(=O)(=O)Cl. The fourth-order valence-electron chi connectivity index (χ4n) is 2.49. The molecule has 9 heteroatoms. The molecule has 2 heterocycles. The molecule has 2 N–H and O–H groups in total. The minimum absolute atomic E-state index is 0.0214. The summed E-state index contributed by atoms with van der Waals surface area (Å²) in [5.41, 5.74) is 0.275. The summed E-state index contributed by atoms with van der Waals surface area (Å²) in [7, 11) is 1.44. The molecule has 1 atom stereocenters. The van der Waals surface area contributed by atoms with Crippen LogP contribution in [0.1, 0.15) is 47.8 Å². The third-order valence-electron chi connectivity index (χ3n) is 3.71. The third kappa shape index (κ3) is 3.22. The molecule has 0 spiro atoms. The molecule has 1 unspecified atom stereocenters. The van der Waals surface area contributed by atoms with Crippen molar-refractivity contribution < 1.29 is 17.9 Å². The van der Waals surface area contributed by atoms with Crippen LogP contribution in [0.25, 0.3) is 0 Å². The van der Waals surface area contributed by atoms with Crippen LogP contribution in [0.2, 0.25) is 0 Å². The van der Waals surface area contributed by atoms with Crippen LogP contribution in [-0.4, -0.2) is 43.8 Å². The monoisotopic (exact) mass is 333 g/mol. The molecular formula is C12H16ClN3O4S. The predicted molar refractivity (Wildman–Crippen MR) is 74.9 cm³/mol. The van der Waals surface area contributed by atoms with E-state index in [2.05, 4.69) is 15.5 Å². The van der Waals surface area contributed by atoms with Gasteiger partial charge in [-0.1, -0.05) is 0 Å². The first-order chi connectivity index (χ1) is 9.97. The van der Waals surface area contributed by atoms with Crippen molar-refractivity contribution in [3.63, 3.8) is 0 Å². The lowest BCUT2D eigenvalue weighted by Gasteiger charge is -2.10. The molecule has 1 aromatic rings. The number of amides is 1. The van der Waals surface area contributed by atoms with Crippen molar-refractivity contribution in [1.29, 1.82) is 0 Å². The third-order valence-corrected chi connectivity index (χ3v) is 5.07. The number of hydrogen-bond donors (Lipinski definition) is 2. The minimum Gasteiger partial charge on any atom is -0.376 e. The van der Waals surface area contributed by atoms with E-state index in [-0.39, 0.29) is 22.6 Å². The highest BCUT2D eigenvalue weighted by atomic mass is 35.7. The average molecular weight is 334 g/mol. The number of carbonyl (C=O) groups excluding carboxylic acids is 1. The molecule has 1 amide bonds. The molecule has 2 fully saturated rings. The summed E-state index contributed by atoms with van der Waals surface area (Å²) in [6, 6.07) is 0. The summed E-state index contributed by atoms with van der Waals surface area (Å²) in [5, 5.41) is 9.15. The smallest absolute Gasteiger partial charge is 0.273 e. The normalized spacial score (nSPS) is 22.4. The van der Waals surface area contributed by atoms with E-state index in [1.54, 1.807) is 0 Å². The van der Waals surface area contributed by atoms with Gasteiger partial charge in [0.15, 0.2) is 5.69 Å². The second-order valence-electron chi connectivity index (χ2n) is 5.37. The van der Waals surface area contributed by atoms with Gasteiger partial charge in [0.2, 0.25) is 0 Å². The summed E-state index contributed by atoms with van der Waals surface area (Å²) in [4.78, 5) is 12.0. The highest BCUT2D eigenvalue weighted by Gasteiger charge is 2.36. The largest absolute Gasteiger partial charge is 0.376 e. The lowest BCUT2D eigenvalue weighted by atomic mass is 10.2. The zero-order valence-electron chi connectivity index (χ0n) is 11.3. The molecule has 3 rings (SSSR count). The van der Waals surface area contributed by atoms with Crippen molar-refractivity contribution >= 4 is 25.6 Å². The van der Waals surface area contributed by atoms with Crippen molar-refractivity contribution in [2.24, 2.45) is 0 Å². The van der Waals surface area contributed by atoms with E-state index in [0.29, 0.717) is 18.8 Å². The lowest BCUT2D eigenvalue weighted by Crippen LogP contribution is -2.32. The number of rotatable bonds is 5. The summed E-state index contributed by atoms with van der Waals surface area (Å²) < 4.78 is 28.9. The number of carbonyl (C=O) groups is 1. The van der Waals surface area contributed by atoms with Gasteiger partial charge in [-0.25, -0.2) is 8.42 Å². The predicted octanol–water partition coefficient (Wildman–Crippen LogP) is 1.12. The Morgan fingerprint density at radius 3 is 2.76 bits per heavy atom. The molecule has 2 aliphatic rings. The standard InChI is InChI=1S/C12H16ClN3O4S/c13-21(18,19)11-9(7-3-4-7)15-16-10(11)12(17)14-6-8-2-1-5-20-8/h7-8H,1-6H2,(H,14,17)(H,15,16). The van der Waals surface area contributed by atoms with Crippen LogP contribution in [0.3, 0.4) is 0 Å². The van der Waals surface area contributed by atoms with Crippen molar-refractivity contribution in [2.45, 2.75) is 42.6 Å². The Morgan fingerprint density at radius 2 is 2.19 bits per heavy atom. The number of aromatic amines is 1. The molecule has 21 heavy (non-hydrogen) atoms. The van der Waals surface area contributed by atoms with Gasteiger partial charge >= 0.3 is 0 Å². The Labute approximate surface area is 126 Å². The van der Waals surface area contributed by atoms with Gasteiger partial charge in [0, 0.05) is 29.8 Å². The second-order valence-corrected chi connectivity index (χ2v) is 7.87. The number of nitrogens with zero attached hydrogens (tertiary/aromatic N) is 1. The first kappa shape index (κ1) is 14.8. The quantitative estimate of drug-likeness (QED) is 0.786. The molecular weight excluding hydrogens is 318 g/mol. The molecule has 1 aliphatic carbocycles. The van der Waals surface area contributed by atoms with E-state index >= 15 is 0 Å². The average Bonchev–Trinajstić information content (AvgIpc) is 2.96. The van der Waals surface area contributed by atoms with Gasteiger partial charge in [0.1, 0.15) is 4.90 Å². The molecule has 0 bridgehead atoms. The maximum Gasteiger partial charge on any atom is 0.273 e. The van der Waals surface area contributed by atoms with Crippen LogP contribution in [0, 0.1) is 0 Å². The van der Waals surface area contributed by atoms with E-state index in [9.17, 15) is 13.2 Å². The Kier molecular flexibility index (Phi) is 3.94. The Bertz CT molecular complexity index is 647. The van der Waals surface area contributed by atoms with Crippen LogP contribution in [0.15, 0.2) is 4.90 Å². The van der Waals surface area contributed by atoms with Crippen molar-refractivity contribution in [3.8, 4) is 0 Å². The van der Waals surface area contributed by atoms with Gasteiger partial charge in [-0.15, -0.1) is 0 Å². The Balaban J connectivity index is 1.79. The van der Waals surface area contributed by atoms with Crippen LogP contribution >= 0.6 is 10.7 Å². The molecule has 116 valence electrons. The zero-order valence-corrected chi connectivity index (χ0v) is 12.8. The van der Waals surface area contributed by atoms with Crippen molar-refractivity contribution in [2.75, 3.05) is 13.2 Å². The number of nitrogens with one attached hydrogen (secondary N) is 2. The maximum atomic E-state index is 12.2. The van der Waals surface area contributed by atoms with Gasteiger partial charge in [0.05, 0.1) is 11.8 Å². The Hall–Kier alpha value is -1.12. The highest BCUT2D eigenvalue weighted by Crippen LogP contribution is 2.43. The first-order valence-electron chi connectivity index (χ1n) is 6.89. The number of halogens is 1. The summed E-state index contributed by atoms with van der Waals surface area (Å²) in [5.74, 6) is -0.450. The van der Waals surface area contributed by atoms with Gasteiger partial charge in [-0.3, -0.25) is 9.89 Å². The maximum absolute atomic E-state index is 12.2. The topological polar surface area (TPSA) is 101 Å². The van der Waals surface area contributed by atoms with Gasteiger partial charge in [-0.05, 0) is 25.7 Å². The summed E-state index contributed by atoms with van der Waals surface area (Å²) in [6.45, 7) is 1.03. The van der Waals surface area contributed by atoms with E-state index in [1.807, 2.05) is 0 Å². The lowest BCUT2D eigenvalue weighted by molar-refractivity contribution is 0.0851. The number of H-pyrrole nitrogens is 1. The molecule has 7 nitrogen and oxygen atoms in total. The van der Waals surface area contributed by atoms with E-state index in [0.717, 1.165) is 25.7 Å². The molecule has 1 saturated heterocycles.